The predicted molar refractivity (Wildman–Crippen MR) is 126 cm³/mol. The molecule has 0 unspecified atom stereocenters. The fraction of sp³-hybridized carbons (Fsp3) is 0.333. The molecule has 1 saturated carbocycles. The fourth-order valence-corrected chi connectivity index (χ4v) is 6.32. The molecule has 0 nitrogen and oxygen atoms in total. The van der Waals surface area contributed by atoms with Crippen LogP contribution in [0.4, 0.5) is 0 Å². The Morgan fingerprint density at radius 3 is 1.82 bits per heavy atom. The van der Waals surface area contributed by atoms with Crippen LogP contribution in [0.15, 0.2) is 72.8 Å². The van der Waals surface area contributed by atoms with E-state index in [0.29, 0.717) is 0 Å². The number of benzene rings is 3. The van der Waals surface area contributed by atoms with Crippen molar-refractivity contribution < 1.29 is 0 Å². The second-order valence-corrected chi connectivity index (χ2v) is 14.3. The molecule has 0 saturated heterocycles. The van der Waals surface area contributed by atoms with Gasteiger partial charge in [-0.3, -0.25) is 0 Å². The minimum atomic E-state index is -1.52. The predicted octanol–water partition coefficient (Wildman–Crippen LogP) is 7.61. The summed E-state index contributed by atoms with van der Waals surface area (Å²) in [7, 11) is -1.52. The molecule has 4 rings (SSSR count). The van der Waals surface area contributed by atoms with E-state index in [1.807, 2.05) is 0 Å². The molecule has 0 spiro atoms. The van der Waals surface area contributed by atoms with Gasteiger partial charge in [0.1, 0.15) is 0 Å². The minimum Gasteiger partial charge on any atom is -0.0656 e. The average Bonchev–Trinajstić information content (AvgIpc) is 2.74. The first kappa shape index (κ1) is 19.2. The minimum absolute atomic E-state index is 0.733. The molecule has 0 heterocycles. The van der Waals surface area contributed by atoms with E-state index < -0.39 is 8.07 Å². The van der Waals surface area contributed by atoms with Gasteiger partial charge in [-0.15, -0.1) is 0 Å². The highest BCUT2D eigenvalue weighted by molar-refractivity contribution is 6.89. The van der Waals surface area contributed by atoms with E-state index in [-0.39, 0.29) is 0 Å². The SMILES string of the molecule is C[Si](C)(C)c1cc(C2CCCCC2)cc(-c2ccccc2)c1-c1ccccc1. The molecule has 0 aliphatic heterocycles. The summed E-state index contributed by atoms with van der Waals surface area (Å²) in [6.45, 7) is 7.48. The summed E-state index contributed by atoms with van der Waals surface area (Å²) in [4.78, 5) is 0. The standard InChI is InChI=1S/C27H32Si/c1-28(2,3)26-20-24(21-13-7-4-8-14-21)19-25(22-15-9-5-10-16-22)27(26)23-17-11-6-12-18-23/h5-6,9-12,15-21H,4,7-8,13-14H2,1-3H3. The normalized spacial score (nSPS) is 15.5. The van der Waals surface area contributed by atoms with Crippen LogP contribution in [0.5, 0.6) is 0 Å². The van der Waals surface area contributed by atoms with Crippen molar-refractivity contribution in [1.82, 2.24) is 0 Å². The van der Waals surface area contributed by atoms with E-state index in [2.05, 4.69) is 92.4 Å². The first-order valence-corrected chi connectivity index (χ1v) is 14.3. The maximum Gasteiger partial charge on any atom is 0.0784 e. The van der Waals surface area contributed by atoms with Crippen molar-refractivity contribution in [3.05, 3.63) is 78.4 Å². The molecule has 28 heavy (non-hydrogen) atoms. The Kier molecular flexibility index (Phi) is 5.55. The largest absolute Gasteiger partial charge is 0.0784 e. The molecule has 1 heteroatoms. The van der Waals surface area contributed by atoms with Crippen molar-refractivity contribution in [2.45, 2.75) is 57.7 Å². The summed E-state index contributed by atoms with van der Waals surface area (Å²) in [5.41, 5.74) is 7.17. The van der Waals surface area contributed by atoms with Gasteiger partial charge in [-0.1, -0.05) is 117 Å². The van der Waals surface area contributed by atoms with Gasteiger partial charge in [-0.05, 0) is 46.6 Å². The van der Waals surface area contributed by atoms with Gasteiger partial charge >= 0.3 is 0 Å². The molecule has 1 fully saturated rings. The highest BCUT2D eigenvalue weighted by Crippen LogP contribution is 2.38. The Balaban J connectivity index is 1.99. The van der Waals surface area contributed by atoms with Crippen molar-refractivity contribution >= 4 is 13.3 Å². The van der Waals surface area contributed by atoms with Crippen LogP contribution in [-0.2, 0) is 0 Å². The number of hydrogen-bond donors (Lipinski definition) is 0. The van der Waals surface area contributed by atoms with Gasteiger partial charge in [0, 0.05) is 0 Å². The van der Waals surface area contributed by atoms with Crippen molar-refractivity contribution in [3.63, 3.8) is 0 Å². The third-order valence-electron chi connectivity index (χ3n) is 6.19. The van der Waals surface area contributed by atoms with Gasteiger partial charge in [-0.2, -0.15) is 0 Å². The van der Waals surface area contributed by atoms with Gasteiger partial charge in [0.2, 0.25) is 0 Å². The van der Waals surface area contributed by atoms with Crippen LogP contribution >= 0.6 is 0 Å². The van der Waals surface area contributed by atoms with Crippen molar-refractivity contribution in [2.24, 2.45) is 0 Å². The fourth-order valence-electron chi connectivity index (χ4n) is 4.69. The Morgan fingerprint density at radius 2 is 1.25 bits per heavy atom. The molecule has 0 bridgehead atoms. The van der Waals surface area contributed by atoms with E-state index in [1.165, 1.54) is 54.4 Å². The smallest absolute Gasteiger partial charge is 0.0656 e. The lowest BCUT2D eigenvalue weighted by molar-refractivity contribution is 0.444. The zero-order valence-electron chi connectivity index (χ0n) is 17.5. The third kappa shape index (κ3) is 4.00. The van der Waals surface area contributed by atoms with Crippen LogP contribution in [-0.4, -0.2) is 8.07 Å². The van der Waals surface area contributed by atoms with Crippen molar-refractivity contribution in [3.8, 4) is 22.3 Å². The molecule has 1 aliphatic rings. The number of rotatable bonds is 4. The van der Waals surface area contributed by atoms with E-state index >= 15 is 0 Å². The second-order valence-electron chi connectivity index (χ2n) is 9.31. The van der Waals surface area contributed by atoms with Gasteiger partial charge < -0.3 is 0 Å². The van der Waals surface area contributed by atoms with E-state index in [1.54, 1.807) is 10.8 Å². The highest BCUT2D eigenvalue weighted by atomic mass is 28.3. The van der Waals surface area contributed by atoms with Crippen molar-refractivity contribution in [1.29, 1.82) is 0 Å². The monoisotopic (exact) mass is 384 g/mol. The maximum absolute atomic E-state index is 2.59. The third-order valence-corrected chi connectivity index (χ3v) is 8.20. The summed E-state index contributed by atoms with van der Waals surface area (Å²) in [5.74, 6) is 0.733. The molecular formula is C27H32Si. The van der Waals surface area contributed by atoms with Crippen LogP contribution < -0.4 is 5.19 Å². The lowest BCUT2D eigenvalue weighted by Gasteiger charge is -2.29. The van der Waals surface area contributed by atoms with Gasteiger partial charge in [-0.25, -0.2) is 0 Å². The molecule has 1 aliphatic carbocycles. The zero-order valence-corrected chi connectivity index (χ0v) is 18.5. The molecule has 0 N–H and O–H groups in total. The summed E-state index contributed by atoms with van der Waals surface area (Å²) >= 11 is 0. The van der Waals surface area contributed by atoms with E-state index in [9.17, 15) is 0 Å². The van der Waals surface area contributed by atoms with Crippen LogP contribution in [0.25, 0.3) is 22.3 Å². The quantitative estimate of drug-likeness (QED) is 0.406. The van der Waals surface area contributed by atoms with Gasteiger partial charge in [0.05, 0.1) is 8.07 Å². The Bertz CT molecular complexity index is 914. The Labute approximate surface area is 171 Å². The van der Waals surface area contributed by atoms with E-state index in [0.717, 1.165) is 5.92 Å². The maximum atomic E-state index is 2.59. The van der Waals surface area contributed by atoms with Crippen LogP contribution in [0.2, 0.25) is 19.6 Å². The van der Waals surface area contributed by atoms with Crippen LogP contribution in [0, 0.1) is 0 Å². The van der Waals surface area contributed by atoms with Crippen LogP contribution in [0.3, 0.4) is 0 Å². The first-order valence-electron chi connectivity index (χ1n) is 10.8. The summed E-state index contributed by atoms with van der Waals surface area (Å²) in [5, 5.41) is 1.61. The number of hydrogen-bond acceptors (Lipinski definition) is 0. The van der Waals surface area contributed by atoms with Crippen LogP contribution in [0.1, 0.15) is 43.6 Å². The topological polar surface area (TPSA) is 0 Å². The molecule has 0 amide bonds. The van der Waals surface area contributed by atoms with Crippen molar-refractivity contribution in [2.75, 3.05) is 0 Å². The molecule has 144 valence electrons. The molecule has 3 aromatic rings. The Morgan fingerprint density at radius 1 is 0.679 bits per heavy atom. The lowest BCUT2D eigenvalue weighted by atomic mass is 9.81. The van der Waals surface area contributed by atoms with Gasteiger partial charge in [0.15, 0.2) is 0 Å². The zero-order chi connectivity index (χ0) is 19.6. The highest BCUT2D eigenvalue weighted by Gasteiger charge is 2.26. The average molecular weight is 385 g/mol. The summed E-state index contributed by atoms with van der Waals surface area (Å²) in [6, 6.07) is 27.2. The second kappa shape index (κ2) is 8.09. The van der Waals surface area contributed by atoms with E-state index in [4.69, 9.17) is 0 Å². The lowest BCUT2D eigenvalue weighted by Crippen LogP contribution is -2.39. The molecule has 0 aromatic heterocycles. The molecular weight excluding hydrogens is 352 g/mol. The first-order chi connectivity index (χ1) is 13.5. The van der Waals surface area contributed by atoms with Gasteiger partial charge in [0.25, 0.3) is 0 Å². The summed E-state index contributed by atoms with van der Waals surface area (Å²) < 4.78 is 0. The molecule has 0 radical (unpaired) electrons. The molecule has 3 aromatic carbocycles. The molecule has 0 atom stereocenters. The Hall–Kier alpha value is -2.12. The summed E-state index contributed by atoms with van der Waals surface area (Å²) in [6.07, 6.45) is 6.88.